The number of carbonyl (C=O) groups is 2. The predicted octanol–water partition coefficient (Wildman–Crippen LogP) is 2.28. The molecule has 1 saturated carbocycles. The van der Waals surface area contributed by atoms with Gasteiger partial charge >= 0.3 is 5.97 Å². The number of hydrogen-bond donors (Lipinski definition) is 1. The zero-order valence-corrected chi connectivity index (χ0v) is 11.3. The standard InChI is InChI=1S/C14H23NO3/c1-3-10-8-7-9(2)15(10)13(16)11-5-4-6-12(11)14(17)18/h9-12H,3-8H2,1-2H3,(H,17,18)/t9?,10?,11-,12+/m1/s1. The normalized spacial score (nSPS) is 36.0. The van der Waals surface area contributed by atoms with E-state index in [0.717, 1.165) is 32.1 Å². The van der Waals surface area contributed by atoms with Crippen molar-refractivity contribution < 1.29 is 14.7 Å². The minimum Gasteiger partial charge on any atom is -0.481 e. The van der Waals surface area contributed by atoms with E-state index in [2.05, 4.69) is 13.8 Å². The van der Waals surface area contributed by atoms with Crippen molar-refractivity contribution in [1.82, 2.24) is 4.90 Å². The fourth-order valence-corrected chi connectivity index (χ4v) is 3.61. The Balaban J connectivity index is 2.12. The van der Waals surface area contributed by atoms with Crippen LogP contribution in [0.25, 0.3) is 0 Å². The molecule has 1 aliphatic carbocycles. The maximum absolute atomic E-state index is 12.6. The van der Waals surface area contributed by atoms with Crippen molar-refractivity contribution in [1.29, 1.82) is 0 Å². The molecule has 18 heavy (non-hydrogen) atoms. The van der Waals surface area contributed by atoms with E-state index in [1.807, 2.05) is 4.90 Å². The van der Waals surface area contributed by atoms with Crippen molar-refractivity contribution in [3.05, 3.63) is 0 Å². The maximum atomic E-state index is 12.6. The molecule has 0 radical (unpaired) electrons. The van der Waals surface area contributed by atoms with Crippen molar-refractivity contribution in [2.45, 2.75) is 64.5 Å². The number of likely N-dealkylation sites (tertiary alicyclic amines) is 1. The molecule has 0 aromatic heterocycles. The molecular weight excluding hydrogens is 230 g/mol. The number of carbonyl (C=O) groups excluding carboxylic acids is 1. The smallest absolute Gasteiger partial charge is 0.307 e. The molecule has 1 saturated heterocycles. The van der Waals surface area contributed by atoms with Crippen LogP contribution in [0.4, 0.5) is 0 Å². The fraction of sp³-hybridized carbons (Fsp3) is 0.857. The van der Waals surface area contributed by atoms with E-state index in [1.165, 1.54) is 0 Å². The number of hydrogen-bond acceptors (Lipinski definition) is 2. The number of rotatable bonds is 3. The summed E-state index contributed by atoms with van der Waals surface area (Å²) in [5.41, 5.74) is 0. The van der Waals surface area contributed by atoms with E-state index >= 15 is 0 Å². The molecule has 4 heteroatoms. The quantitative estimate of drug-likeness (QED) is 0.839. The van der Waals surface area contributed by atoms with Crippen LogP contribution in [-0.4, -0.2) is 34.0 Å². The van der Waals surface area contributed by atoms with Gasteiger partial charge in [-0.15, -0.1) is 0 Å². The molecule has 4 nitrogen and oxygen atoms in total. The minimum atomic E-state index is -0.800. The lowest BCUT2D eigenvalue weighted by molar-refractivity contribution is -0.150. The fourth-order valence-electron chi connectivity index (χ4n) is 3.61. The molecule has 1 heterocycles. The Kier molecular flexibility index (Phi) is 3.93. The van der Waals surface area contributed by atoms with Crippen LogP contribution in [0.3, 0.4) is 0 Å². The molecule has 0 aromatic carbocycles. The van der Waals surface area contributed by atoms with Crippen molar-refractivity contribution in [2.75, 3.05) is 0 Å². The van der Waals surface area contributed by atoms with E-state index < -0.39 is 11.9 Å². The predicted molar refractivity (Wildman–Crippen MR) is 68.1 cm³/mol. The molecule has 0 spiro atoms. The number of carboxylic acids is 1. The molecule has 2 aliphatic rings. The number of nitrogens with zero attached hydrogens (tertiary/aromatic N) is 1. The summed E-state index contributed by atoms with van der Waals surface area (Å²) in [6.45, 7) is 4.19. The highest BCUT2D eigenvalue weighted by molar-refractivity contribution is 5.86. The second-order valence-electron chi connectivity index (χ2n) is 5.72. The summed E-state index contributed by atoms with van der Waals surface area (Å²) < 4.78 is 0. The van der Waals surface area contributed by atoms with E-state index in [9.17, 15) is 14.7 Å². The Morgan fingerprint density at radius 3 is 2.44 bits per heavy atom. The summed E-state index contributed by atoms with van der Waals surface area (Å²) in [5, 5.41) is 9.19. The van der Waals surface area contributed by atoms with Gasteiger partial charge in [0.15, 0.2) is 0 Å². The SMILES string of the molecule is CCC1CCC(C)N1C(=O)[C@@H]1CCC[C@@H]1C(=O)O. The maximum Gasteiger partial charge on any atom is 0.307 e. The van der Waals surface area contributed by atoms with Crippen LogP contribution in [0.2, 0.25) is 0 Å². The minimum absolute atomic E-state index is 0.0942. The van der Waals surface area contributed by atoms with Gasteiger partial charge in [0, 0.05) is 12.1 Å². The molecule has 2 unspecified atom stereocenters. The van der Waals surface area contributed by atoms with Crippen LogP contribution in [0.1, 0.15) is 52.4 Å². The first-order valence-corrected chi connectivity index (χ1v) is 7.11. The second kappa shape index (κ2) is 5.29. The number of aliphatic carboxylic acids is 1. The third-order valence-electron chi connectivity index (χ3n) is 4.66. The molecule has 1 N–H and O–H groups in total. The summed E-state index contributed by atoms with van der Waals surface area (Å²) in [6, 6.07) is 0.597. The molecule has 102 valence electrons. The van der Waals surface area contributed by atoms with Gasteiger partial charge in [0.25, 0.3) is 0 Å². The van der Waals surface area contributed by atoms with E-state index in [0.29, 0.717) is 12.5 Å². The van der Waals surface area contributed by atoms with Crippen LogP contribution in [0.5, 0.6) is 0 Å². The van der Waals surface area contributed by atoms with Gasteiger partial charge in [-0.05, 0) is 39.0 Å². The van der Waals surface area contributed by atoms with Crippen LogP contribution < -0.4 is 0 Å². The molecular formula is C14H23NO3. The Labute approximate surface area is 108 Å². The molecule has 1 aliphatic heterocycles. The summed E-state index contributed by atoms with van der Waals surface area (Å²) in [7, 11) is 0. The summed E-state index contributed by atoms with van der Waals surface area (Å²) >= 11 is 0. The van der Waals surface area contributed by atoms with Crippen LogP contribution in [0.15, 0.2) is 0 Å². The first-order chi connectivity index (χ1) is 8.56. The first-order valence-electron chi connectivity index (χ1n) is 7.11. The number of carboxylic acid groups (broad SMARTS) is 1. The van der Waals surface area contributed by atoms with Gasteiger partial charge < -0.3 is 10.0 Å². The molecule has 2 fully saturated rings. The molecule has 2 rings (SSSR count). The first kappa shape index (κ1) is 13.4. The topological polar surface area (TPSA) is 57.6 Å². The lowest BCUT2D eigenvalue weighted by Crippen LogP contribution is -2.45. The summed E-state index contributed by atoms with van der Waals surface area (Å²) in [4.78, 5) is 25.8. The van der Waals surface area contributed by atoms with Crippen molar-refractivity contribution in [3.63, 3.8) is 0 Å². The molecule has 0 aromatic rings. The molecule has 1 amide bonds. The second-order valence-corrected chi connectivity index (χ2v) is 5.72. The summed E-state index contributed by atoms with van der Waals surface area (Å²) in [5.74, 6) is -1.44. The Morgan fingerprint density at radius 2 is 1.83 bits per heavy atom. The Bertz CT molecular complexity index is 342. The Morgan fingerprint density at radius 1 is 1.17 bits per heavy atom. The monoisotopic (exact) mass is 253 g/mol. The highest BCUT2D eigenvalue weighted by Gasteiger charge is 2.43. The number of amides is 1. The van der Waals surface area contributed by atoms with Crippen LogP contribution in [-0.2, 0) is 9.59 Å². The van der Waals surface area contributed by atoms with E-state index in [4.69, 9.17) is 0 Å². The highest BCUT2D eigenvalue weighted by atomic mass is 16.4. The van der Waals surface area contributed by atoms with Gasteiger partial charge in [0.2, 0.25) is 5.91 Å². The highest BCUT2D eigenvalue weighted by Crippen LogP contribution is 2.37. The van der Waals surface area contributed by atoms with E-state index in [1.54, 1.807) is 0 Å². The van der Waals surface area contributed by atoms with Crippen LogP contribution in [0, 0.1) is 11.8 Å². The van der Waals surface area contributed by atoms with Crippen LogP contribution >= 0.6 is 0 Å². The van der Waals surface area contributed by atoms with Crippen molar-refractivity contribution in [2.24, 2.45) is 11.8 Å². The average molecular weight is 253 g/mol. The molecule has 0 bridgehead atoms. The van der Waals surface area contributed by atoms with Gasteiger partial charge in [-0.1, -0.05) is 13.3 Å². The Hall–Kier alpha value is -1.06. The zero-order chi connectivity index (χ0) is 13.3. The van der Waals surface area contributed by atoms with E-state index in [-0.39, 0.29) is 17.9 Å². The zero-order valence-electron chi connectivity index (χ0n) is 11.3. The third-order valence-corrected chi connectivity index (χ3v) is 4.66. The van der Waals surface area contributed by atoms with Gasteiger partial charge in [-0.25, -0.2) is 0 Å². The molecule has 4 atom stereocenters. The van der Waals surface area contributed by atoms with Gasteiger partial charge in [0.1, 0.15) is 0 Å². The van der Waals surface area contributed by atoms with Crippen molar-refractivity contribution in [3.8, 4) is 0 Å². The lowest BCUT2D eigenvalue weighted by atomic mass is 9.94. The van der Waals surface area contributed by atoms with Gasteiger partial charge in [-0.2, -0.15) is 0 Å². The summed E-state index contributed by atoms with van der Waals surface area (Å²) in [6.07, 6.45) is 5.36. The van der Waals surface area contributed by atoms with Crippen molar-refractivity contribution >= 4 is 11.9 Å². The van der Waals surface area contributed by atoms with Gasteiger partial charge in [0.05, 0.1) is 11.8 Å². The van der Waals surface area contributed by atoms with Gasteiger partial charge in [-0.3, -0.25) is 9.59 Å². The average Bonchev–Trinajstić information content (AvgIpc) is 2.94. The lowest BCUT2D eigenvalue weighted by Gasteiger charge is -2.31. The third kappa shape index (κ3) is 2.25. The largest absolute Gasteiger partial charge is 0.481 e.